The Kier molecular flexibility index (Phi) is 12.0. The SMILES string of the molecule is COc1ccc(-c2c3c4c(c5ccc(C(C)(C)C)cc25)=c2ccc([n-]2)=C(c2ccc(C(C)(C)C)cc2)C2=NC(=C(c5ccc(C(C)(C)C)cc5)c5ccc([n-]5)C(=C3OC(=O)c3ccccc3)N=4)C=C2)cc1.[Ni+2]. The number of carbonyl (C=O) groups excluding carboxylic acids is 1. The van der Waals surface area contributed by atoms with Gasteiger partial charge in [0.2, 0.25) is 0 Å². The molecule has 2 aromatic heterocycles. The number of ether oxygens (including phenoxy) is 2. The molecule has 0 fully saturated rings. The first-order valence-electron chi connectivity index (χ1n) is 24.4. The molecule has 6 aromatic carbocycles. The van der Waals surface area contributed by atoms with Gasteiger partial charge in [0, 0.05) is 5.56 Å². The Bertz CT molecular complexity index is 3850. The van der Waals surface area contributed by atoms with E-state index in [1.54, 1.807) is 19.2 Å². The van der Waals surface area contributed by atoms with Crippen LogP contribution in [0.2, 0.25) is 0 Å². The minimum atomic E-state index is -0.502. The van der Waals surface area contributed by atoms with Crippen LogP contribution in [-0.2, 0) is 37.5 Å². The van der Waals surface area contributed by atoms with Gasteiger partial charge in [-0.25, -0.2) is 14.8 Å². The normalized spacial score (nSPS) is 14.2. The van der Waals surface area contributed by atoms with E-state index in [0.29, 0.717) is 33.6 Å². The van der Waals surface area contributed by atoms with Gasteiger partial charge in [-0.1, -0.05) is 178 Å². The molecule has 3 aliphatic rings. The number of carbonyl (C=O) groups is 1. The summed E-state index contributed by atoms with van der Waals surface area (Å²) >= 11 is 0. The van der Waals surface area contributed by atoms with E-state index in [0.717, 1.165) is 88.5 Å². The monoisotopic (exact) mass is 986 g/mol. The van der Waals surface area contributed by atoms with Gasteiger partial charge in [0.1, 0.15) is 5.75 Å². The van der Waals surface area contributed by atoms with Crippen molar-refractivity contribution in [2.75, 3.05) is 7.11 Å². The number of benzene rings is 6. The smallest absolute Gasteiger partial charge is 0.657 e. The molecule has 8 aromatic rings. The van der Waals surface area contributed by atoms with Crippen LogP contribution >= 0.6 is 0 Å². The van der Waals surface area contributed by atoms with Gasteiger partial charge in [0.15, 0.2) is 5.76 Å². The molecule has 8 bridgehead atoms. The van der Waals surface area contributed by atoms with E-state index in [1.165, 1.54) is 11.1 Å². The van der Waals surface area contributed by atoms with Gasteiger partial charge in [-0.15, -0.1) is 22.1 Å². The first-order chi connectivity index (χ1) is 33.9. The van der Waals surface area contributed by atoms with E-state index >= 15 is 0 Å². The van der Waals surface area contributed by atoms with Crippen molar-refractivity contribution in [3.63, 3.8) is 0 Å². The van der Waals surface area contributed by atoms with Gasteiger partial charge in [0.05, 0.1) is 40.7 Å². The molecule has 0 unspecified atom stereocenters. The second-order valence-corrected chi connectivity index (χ2v) is 21.8. The molecule has 0 saturated heterocycles. The van der Waals surface area contributed by atoms with Crippen molar-refractivity contribution < 1.29 is 30.8 Å². The molecule has 7 nitrogen and oxygen atoms in total. The van der Waals surface area contributed by atoms with Crippen LogP contribution in [0.3, 0.4) is 0 Å². The number of rotatable bonds is 6. The van der Waals surface area contributed by atoms with Crippen LogP contribution in [0.25, 0.3) is 44.5 Å². The Morgan fingerprint density at radius 1 is 0.528 bits per heavy atom. The summed E-state index contributed by atoms with van der Waals surface area (Å²) in [5.41, 5.74) is 13.3. The predicted octanol–water partition coefficient (Wildman–Crippen LogP) is 12.9. The average Bonchev–Trinajstić information content (AvgIpc) is 4.19. The second-order valence-electron chi connectivity index (χ2n) is 21.8. The van der Waals surface area contributed by atoms with Crippen molar-refractivity contribution in [2.24, 2.45) is 9.98 Å². The standard InChI is InChI=1S/C64H56N4O3.Ni/c1-62(2,3)41-22-16-38(17-23-41)54-47-30-31-48(65-47)55(39-18-24-42(25-19-39)63(4,5)6)50-34-35-52(67-50)58-60(71-61(69)40-14-12-11-13-15-40)57-53(37-20-27-44(70-10)28-21-37)46-36-43(64(7,8)9)26-29-45(46)56(59(57)68-58)51-33-32-49(54)66-51;/h11-36H,1-10H3;/q-2;+2. The molecular weight excluding hydrogens is 931 g/mol. The predicted molar refractivity (Wildman–Crippen MR) is 287 cm³/mol. The number of allylic oxidation sites excluding steroid dienone is 2. The second kappa shape index (κ2) is 17.9. The van der Waals surface area contributed by atoms with Crippen LogP contribution in [-0.4, -0.2) is 18.8 Å². The summed E-state index contributed by atoms with van der Waals surface area (Å²) in [7, 11) is 1.67. The minimum absolute atomic E-state index is 0. The van der Waals surface area contributed by atoms with E-state index in [4.69, 9.17) is 29.4 Å². The number of aliphatic imine (C=N–C) groups is 1. The Morgan fingerprint density at radius 3 is 1.74 bits per heavy atom. The van der Waals surface area contributed by atoms with Crippen molar-refractivity contribution in [2.45, 2.75) is 78.6 Å². The van der Waals surface area contributed by atoms with Crippen molar-refractivity contribution in [3.8, 4) is 16.9 Å². The topological polar surface area (TPSA) is 88.5 Å². The molecule has 3 aliphatic heterocycles. The molecule has 11 rings (SSSR count). The molecule has 0 saturated carbocycles. The van der Waals surface area contributed by atoms with Crippen molar-refractivity contribution in [3.05, 3.63) is 235 Å². The summed E-state index contributed by atoms with van der Waals surface area (Å²) < 4.78 is 12.4. The molecule has 0 spiro atoms. The van der Waals surface area contributed by atoms with Gasteiger partial charge in [-0.3, -0.25) is 0 Å². The van der Waals surface area contributed by atoms with Gasteiger partial charge < -0.3 is 19.4 Å². The van der Waals surface area contributed by atoms with Crippen LogP contribution in [0.5, 0.6) is 5.75 Å². The van der Waals surface area contributed by atoms with Crippen molar-refractivity contribution in [1.29, 1.82) is 0 Å². The Balaban J connectivity index is 0.00000596. The Labute approximate surface area is 431 Å². The van der Waals surface area contributed by atoms with E-state index in [-0.39, 0.29) is 32.7 Å². The fourth-order valence-corrected chi connectivity index (χ4v) is 9.91. The number of hydrogen-bond donors (Lipinski definition) is 0. The molecule has 72 heavy (non-hydrogen) atoms. The van der Waals surface area contributed by atoms with Gasteiger partial charge in [0.25, 0.3) is 0 Å². The van der Waals surface area contributed by atoms with Crippen LogP contribution in [0.15, 0.2) is 173 Å². The summed E-state index contributed by atoms with van der Waals surface area (Å²) in [6.07, 6.45) is 4.19. The zero-order valence-corrected chi connectivity index (χ0v) is 43.3. The minimum Gasteiger partial charge on any atom is -0.657 e. The summed E-state index contributed by atoms with van der Waals surface area (Å²) in [5.74, 6) is 0.551. The van der Waals surface area contributed by atoms with Crippen LogP contribution < -0.4 is 25.4 Å². The largest absolute Gasteiger partial charge is 2.00 e. The first kappa shape index (κ1) is 48.1. The number of nitrogens with zero attached hydrogens (tertiary/aromatic N) is 4. The van der Waals surface area contributed by atoms with Crippen LogP contribution in [0.4, 0.5) is 0 Å². The quantitative estimate of drug-likeness (QED) is 0.122. The maximum absolute atomic E-state index is 14.6. The molecule has 5 heterocycles. The number of fused-ring (bicyclic) bond motifs is 9. The number of esters is 1. The van der Waals surface area contributed by atoms with Crippen molar-refractivity contribution >= 4 is 45.1 Å². The fourth-order valence-electron chi connectivity index (χ4n) is 9.91. The molecule has 0 amide bonds. The third-order valence-electron chi connectivity index (χ3n) is 13.9. The number of hydrogen-bond acceptors (Lipinski definition) is 5. The molecular formula is C64H56N4NiO3. The molecule has 0 atom stereocenters. The maximum Gasteiger partial charge on any atom is 2.00 e. The molecule has 0 aliphatic carbocycles. The third-order valence-corrected chi connectivity index (χ3v) is 13.9. The van der Waals surface area contributed by atoms with Gasteiger partial charge in [-0.05, 0) is 119 Å². The summed E-state index contributed by atoms with van der Waals surface area (Å²) in [5, 5.41) is 4.92. The van der Waals surface area contributed by atoms with Gasteiger partial charge >= 0.3 is 22.5 Å². The summed E-state index contributed by atoms with van der Waals surface area (Å²) in [4.78, 5) is 36.7. The molecule has 360 valence electrons. The van der Waals surface area contributed by atoms with E-state index in [1.807, 2.05) is 42.5 Å². The van der Waals surface area contributed by atoms with E-state index in [9.17, 15) is 4.79 Å². The molecule has 0 N–H and O–H groups in total. The summed E-state index contributed by atoms with van der Waals surface area (Å²) in [6.45, 7) is 20.0. The zero-order chi connectivity index (χ0) is 49.6. The Morgan fingerprint density at radius 2 is 1.11 bits per heavy atom. The van der Waals surface area contributed by atoms with E-state index in [2.05, 4.69) is 165 Å². The van der Waals surface area contributed by atoms with Crippen LogP contribution in [0.1, 0.15) is 117 Å². The van der Waals surface area contributed by atoms with Gasteiger partial charge in [-0.2, -0.15) is 0 Å². The summed E-state index contributed by atoms with van der Waals surface area (Å²) in [6, 6.07) is 49.6. The average molecular weight is 988 g/mol. The third kappa shape index (κ3) is 8.52. The Hall–Kier alpha value is -7.54. The van der Waals surface area contributed by atoms with Crippen molar-refractivity contribution in [1.82, 2.24) is 9.97 Å². The first-order valence-corrected chi connectivity index (χ1v) is 24.4. The number of methoxy groups -OCH3 is 1. The zero-order valence-electron chi connectivity index (χ0n) is 42.3. The fraction of sp³-hybridized carbons (Fsp3) is 0.203. The molecule has 0 radical (unpaired) electrons. The van der Waals surface area contributed by atoms with E-state index < -0.39 is 5.97 Å². The maximum atomic E-state index is 14.6. The van der Waals surface area contributed by atoms with Crippen LogP contribution in [0, 0.1) is 10.6 Å². The number of aromatic nitrogens is 2. The molecule has 8 heteroatoms.